The Morgan fingerprint density at radius 2 is 2.00 bits per heavy atom. The lowest BCUT2D eigenvalue weighted by atomic mass is 10.2. The molecule has 0 aromatic heterocycles. The summed E-state index contributed by atoms with van der Waals surface area (Å²) in [4.78, 5) is 0. The fourth-order valence-corrected chi connectivity index (χ4v) is 1.89. The van der Waals surface area contributed by atoms with Gasteiger partial charge in [0.1, 0.15) is 14.7 Å². The zero-order valence-corrected chi connectivity index (χ0v) is 12.0. The summed E-state index contributed by atoms with van der Waals surface area (Å²) in [6.07, 6.45) is 8.56. The van der Waals surface area contributed by atoms with Crippen molar-refractivity contribution < 1.29 is 4.74 Å². The van der Waals surface area contributed by atoms with Crippen LogP contribution in [0.4, 0.5) is 0 Å². The van der Waals surface area contributed by atoms with Gasteiger partial charge in [0, 0.05) is 18.4 Å². The Bertz CT molecular complexity index is 416. The summed E-state index contributed by atoms with van der Waals surface area (Å²) in [6.45, 7) is 7.44. The van der Waals surface area contributed by atoms with Crippen LogP contribution in [0.5, 0.6) is 0 Å². The molecule has 1 aliphatic heterocycles. The van der Waals surface area contributed by atoms with Crippen molar-refractivity contribution in [1.29, 1.82) is 0 Å². The Balaban J connectivity index is 2.20. The molecule has 0 N–H and O–H groups in total. The van der Waals surface area contributed by atoms with Gasteiger partial charge in [-0.25, -0.2) is 0 Å². The zero-order chi connectivity index (χ0) is 12.6. The normalized spacial score (nSPS) is 13.7. The van der Waals surface area contributed by atoms with Gasteiger partial charge in [-0.1, -0.05) is 31.5 Å². The average Bonchev–Trinajstić information content (AvgIpc) is 2.28. The van der Waals surface area contributed by atoms with Crippen molar-refractivity contribution in [1.82, 2.24) is 0 Å². The quantitative estimate of drug-likeness (QED) is 0.410. The summed E-state index contributed by atoms with van der Waals surface area (Å²) < 4.78 is 5.05. The van der Waals surface area contributed by atoms with Gasteiger partial charge in [0.2, 0.25) is 0 Å². The van der Waals surface area contributed by atoms with Gasteiger partial charge >= 0.3 is 0 Å². The van der Waals surface area contributed by atoms with E-state index in [1.165, 1.54) is 0 Å². The molecule has 2 heteroatoms. The molecule has 0 bridgehead atoms. The number of allylic oxidation sites excluding steroid dienone is 2. The van der Waals surface area contributed by atoms with Crippen LogP contribution in [0.1, 0.15) is 19.3 Å². The SMILES string of the molecule is C[Si](C)(C)C#CCCCC#CC1=CCOC=C1. The predicted octanol–water partition coefficient (Wildman–Crippen LogP) is 3.51. The molecular weight excluding hydrogens is 224 g/mol. The number of hydrogen-bond acceptors (Lipinski definition) is 1. The molecule has 0 fully saturated rings. The molecule has 0 aromatic carbocycles. The van der Waals surface area contributed by atoms with Crippen molar-refractivity contribution >= 4 is 8.07 Å². The molecule has 0 saturated heterocycles. The summed E-state index contributed by atoms with van der Waals surface area (Å²) in [6, 6.07) is 0. The second-order valence-electron chi connectivity index (χ2n) is 5.00. The van der Waals surface area contributed by atoms with Crippen molar-refractivity contribution in [3.05, 3.63) is 24.0 Å². The zero-order valence-electron chi connectivity index (χ0n) is 11.0. The Labute approximate surface area is 106 Å². The van der Waals surface area contributed by atoms with Crippen molar-refractivity contribution in [2.24, 2.45) is 0 Å². The van der Waals surface area contributed by atoms with Crippen LogP contribution in [0.15, 0.2) is 24.0 Å². The first-order chi connectivity index (χ1) is 8.08. The molecule has 0 spiro atoms. The summed E-state index contributed by atoms with van der Waals surface area (Å²) in [7, 11) is -1.18. The van der Waals surface area contributed by atoms with E-state index in [-0.39, 0.29) is 0 Å². The first-order valence-electron chi connectivity index (χ1n) is 6.05. The molecule has 1 nitrogen and oxygen atoms in total. The van der Waals surface area contributed by atoms with E-state index >= 15 is 0 Å². The lowest BCUT2D eigenvalue weighted by molar-refractivity contribution is 0.285. The van der Waals surface area contributed by atoms with Crippen molar-refractivity contribution in [2.45, 2.75) is 38.9 Å². The summed E-state index contributed by atoms with van der Waals surface area (Å²) in [5.74, 6) is 9.56. The molecule has 0 saturated carbocycles. The smallest absolute Gasteiger partial charge is 0.129 e. The standard InChI is InChI=1S/C15H20OSi/c1-17(2,3)14-8-6-4-5-7-9-15-10-12-16-13-11-15/h10-12H,4-6,13H2,1-3H3. The van der Waals surface area contributed by atoms with E-state index in [0.717, 1.165) is 24.8 Å². The minimum Gasteiger partial charge on any atom is -0.497 e. The Morgan fingerprint density at radius 1 is 1.24 bits per heavy atom. The van der Waals surface area contributed by atoms with Crippen molar-refractivity contribution in [3.8, 4) is 23.3 Å². The van der Waals surface area contributed by atoms with E-state index in [1.807, 2.05) is 12.2 Å². The van der Waals surface area contributed by atoms with Gasteiger partial charge in [0.25, 0.3) is 0 Å². The van der Waals surface area contributed by atoms with Gasteiger partial charge in [0.15, 0.2) is 0 Å². The van der Waals surface area contributed by atoms with Gasteiger partial charge < -0.3 is 4.74 Å². The monoisotopic (exact) mass is 244 g/mol. The van der Waals surface area contributed by atoms with Crippen LogP contribution in [-0.4, -0.2) is 14.7 Å². The Kier molecular flexibility index (Phi) is 5.67. The molecule has 90 valence electrons. The minimum absolute atomic E-state index is 0.641. The highest BCUT2D eigenvalue weighted by Gasteiger charge is 2.06. The largest absolute Gasteiger partial charge is 0.497 e. The molecule has 17 heavy (non-hydrogen) atoms. The van der Waals surface area contributed by atoms with Gasteiger partial charge in [-0.2, -0.15) is 0 Å². The van der Waals surface area contributed by atoms with E-state index in [4.69, 9.17) is 4.74 Å². The molecule has 0 unspecified atom stereocenters. The molecule has 0 amide bonds. The first kappa shape index (κ1) is 13.7. The lowest BCUT2D eigenvalue weighted by Crippen LogP contribution is -2.16. The van der Waals surface area contributed by atoms with E-state index in [0.29, 0.717) is 6.61 Å². The van der Waals surface area contributed by atoms with Crippen LogP contribution in [0.2, 0.25) is 19.6 Å². The van der Waals surface area contributed by atoms with Gasteiger partial charge in [-0.15, -0.1) is 11.5 Å². The third-order valence-corrected chi connectivity index (χ3v) is 2.97. The van der Waals surface area contributed by atoms with Gasteiger partial charge in [-0.3, -0.25) is 0 Å². The summed E-state index contributed by atoms with van der Waals surface area (Å²) in [5.41, 5.74) is 4.42. The second-order valence-corrected chi connectivity index (χ2v) is 9.75. The van der Waals surface area contributed by atoms with E-state index in [1.54, 1.807) is 6.26 Å². The molecule has 0 aromatic rings. The summed E-state index contributed by atoms with van der Waals surface area (Å²) in [5, 5.41) is 0. The average molecular weight is 244 g/mol. The maximum Gasteiger partial charge on any atom is 0.129 e. The highest BCUT2D eigenvalue weighted by molar-refractivity contribution is 6.83. The van der Waals surface area contributed by atoms with Crippen LogP contribution in [0, 0.1) is 23.3 Å². The number of unbranched alkanes of at least 4 members (excludes halogenated alkanes) is 2. The van der Waals surface area contributed by atoms with Gasteiger partial charge in [-0.05, 0) is 18.6 Å². The predicted molar refractivity (Wildman–Crippen MR) is 75.9 cm³/mol. The number of ether oxygens (including phenoxy) is 1. The Hall–Kier alpha value is -1.38. The molecule has 0 aliphatic carbocycles. The highest BCUT2D eigenvalue weighted by atomic mass is 28.3. The topological polar surface area (TPSA) is 9.23 Å². The van der Waals surface area contributed by atoms with Gasteiger partial charge in [0.05, 0.1) is 6.26 Å². The van der Waals surface area contributed by atoms with Crippen LogP contribution >= 0.6 is 0 Å². The minimum atomic E-state index is -1.18. The third-order valence-electron chi connectivity index (χ3n) is 2.04. The molecule has 1 rings (SSSR count). The van der Waals surface area contributed by atoms with E-state index in [2.05, 4.69) is 42.9 Å². The Morgan fingerprint density at radius 3 is 2.65 bits per heavy atom. The highest BCUT2D eigenvalue weighted by Crippen LogP contribution is 2.02. The summed E-state index contributed by atoms with van der Waals surface area (Å²) >= 11 is 0. The van der Waals surface area contributed by atoms with Crippen molar-refractivity contribution in [3.63, 3.8) is 0 Å². The molecule has 0 radical (unpaired) electrons. The second kappa shape index (κ2) is 7.04. The molecule has 1 aliphatic rings. The molecule has 0 atom stereocenters. The third kappa shape index (κ3) is 7.50. The number of hydrogen-bond donors (Lipinski definition) is 0. The maximum absolute atomic E-state index is 5.05. The fraction of sp³-hybridized carbons (Fsp3) is 0.467. The fourth-order valence-electron chi connectivity index (χ4n) is 1.23. The molecular formula is C15H20OSi. The van der Waals surface area contributed by atoms with E-state index in [9.17, 15) is 0 Å². The van der Waals surface area contributed by atoms with Crippen LogP contribution in [-0.2, 0) is 4.74 Å². The first-order valence-corrected chi connectivity index (χ1v) is 9.55. The number of rotatable bonds is 2. The maximum atomic E-state index is 5.05. The molecule has 1 heterocycles. The van der Waals surface area contributed by atoms with Crippen molar-refractivity contribution in [2.75, 3.05) is 6.61 Å². The van der Waals surface area contributed by atoms with Crippen LogP contribution in [0.25, 0.3) is 0 Å². The van der Waals surface area contributed by atoms with Crippen LogP contribution in [0.3, 0.4) is 0 Å². The van der Waals surface area contributed by atoms with Crippen LogP contribution < -0.4 is 0 Å². The lowest BCUT2D eigenvalue weighted by Gasteiger charge is -2.02. The van der Waals surface area contributed by atoms with E-state index < -0.39 is 8.07 Å².